The van der Waals surface area contributed by atoms with Crippen molar-refractivity contribution in [2.45, 2.75) is 13.3 Å². The number of ketones is 1. The molecule has 15 heavy (non-hydrogen) atoms. The minimum atomic E-state index is 0.000278. The molecule has 0 radical (unpaired) electrons. The van der Waals surface area contributed by atoms with Crippen LogP contribution in [0.2, 0.25) is 0 Å². The van der Waals surface area contributed by atoms with Gasteiger partial charge in [-0.1, -0.05) is 6.92 Å². The number of thiophene rings is 1. The first-order chi connectivity index (χ1) is 7.31. The van der Waals surface area contributed by atoms with Gasteiger partial charge in [0.1, 0.15) is 6.33 Å². The SMILES string of the molecule is CCc1ccc(C(=O)c2cncnc2)s1. The molecule has 0 unspecified atom stereocenters. The van der Waals surface area contributed by atoms with Crippen molar-refractivity contribution in [3.63, 3.8) is 0 Å². The molecule has 3 nitrogen and oxygen atoms in total. The highest BCUT2D eigenvalue weighted by Crippen LogP contribution is 2.19. The molecule has 0 atom stereocenters. The predicted octanol–water partition coefficient (Wildman–Crippen LogP) is 2.33. The van der Waals surface area contributed by atoms with Crippen molar-refractivity contribution < 1.29 is 4.79 Å². The number of aromatic nitrogens is 2. The Labute approximate surface area is 91.8 Å². The molecule has 2 rings (SSSR count). The number of aryl methyl sites for hydroxylation is 1. The summed E-state index contributed by atoms with van der Waals surface area (Å²) >= 11 is 1.53. The van der Waals surface area contributed by atoms with Crippen molar-refractivity contribution in [2.75, 3.05) is 0 Å². The van der Waals surface area contributed by atoms with E-state index in [1.54, 1.807) is 12.4 Å². The summed E-state index contributed by atoms with van der Waals surface area (Å²) in [6.07, 6.45) is 5.47. The van der Waals surface area contributed by atoms with Gasteiger partial charge >= 0.3 is 0 Å². The van der Waals surface area contributed by atoms with Crippen LogP contribution in [0.15, 0.2) is 30.9 Å². The van der Waals surface area contributed by atoms with Crippen LogP contribution in [0, 0.1) is 0 Å². The summed E-state index contributed by atoms with van der Waals surface area (Å²) in [5.41, 5.74) is 0.544. The molecule has 0 aliphatic carbocycles. The van der Waals surface area contributed by atoms with Crippen molar-refractivity contribution in [1.29, 1.82) is 0 Å². The van der Waals surface area contributed by atoms with Crippen molar-refractivity contribution in [3.8, 4) is 0 Å². The second-order valence-corrected chi connectivity index (χ2v) is 4.24. The second kappa shape index (κ2) is 4.31. The zero-order chi connectivity index (χ0) is 10.7. The van der Waals surface area contributed by atoms with Crippen LogP contribution in [-0.2, 0) is 6.42 Å². The molecule has 0 N–H and O–H groups in total. The van der Waals surface area contributed by atoms with E-state index in [4.69, 9.17) is 0 Å². The van der Waals surface area contributed by atoms with Crippen LogP contribution < -0.4 is 0 Å². The highest BCUT2D eigenvalue weighted by Gasteiger charge is 2.11. The molecule has 2 aromatic rings. The van der Waals surface area contributed by atoms with Gasteiger partial charge in [-0.3, -0.25) is 4.79 Å². The quantitative estimate of drug-likeness (QED) is 0.742. The maximum Gasteiger partial charge on any atom is 0.206 e. The van der Waals surface area contributed by atoms with Crippen LogP contribution in [-0.4, -0.2) is 15.8 Å². The molecule has 0 aliphatic heterocycles. The van der Waals surface area contributed by atoms with Crippen molar-refractivity contribution in [3.05, 3.63) is 46.2 Å². The minimum Gasteiger partial charge on any atom is -0.288 e. The molecule has 0 aromatic carbocycles. The Morgan fingerprint density at radius 2 is 2.07 bits per heavy atom. The monoisotopic (exact) mass is 218 g/mol. The Hall–Kier alpha value is -1.55. The van der Waals surface area contributed by atoms with Crippen LogP contribution in [0.3, 0.4) is 0 Å². The summed E-state index contributed by atoms with van der Waals surface area (Å²) in [6.45, 7) is 2.08. The van der Waals surface area contributed by atoms with Gasteiger partial charge in [-0.05, 0) is 18.6 Å². The first-order valence-corrected chi connectivity index (χ1v) is 5.51. The zero-order valence-electron chi connectivity index (χ0n) is 8.30. The van der Waals surface area contributed by atoms with E-state index in [1.165, 1.54) is 22.5 Å². The Kier molecular flexibility index (Phi) is 2.87. The number of hydrogen-bond acceptors (Lipinski definition) is 4. The van der Waals surface area contributed by atoms with E-state index in [-0.39, 0.29) is 5.78 Å². The lowest BCUT2D eigenvalue weighted by molar-refractivity contribution is 0.104. The number of nitrogens with zero attached hydrogens (tertiary/aromatic N) is 2. The fraction of sp³-hybridized carbons (Fsp3) is 0.182. The van der Waals surface area contributed by atoms with Gasteiger partial charge < -0.3 is 0 Å². The lowest BCUT2D eigenvalue weighted by Gasteiger charge is -1.94. The smallest absolute Gasteiger partial charge is 0.206 e. The van der Waals surface area contributed by atoms with Crippen LogP contribution >= 0.6 is 11.3 Å². The molecule has 0 saturated heterocycles. The molecule has 4 heteroatoms. The lowest BCUT2D eigenvalue weighted by atomic mass is 10.2. The van der Waals surface area contributed by atoms with Gasteiger partial charge in [-0.15, -0.1) is 11.3 Å². The highest BCUT2D eigenvalue weighted by atomic mass is 32.1. The van der Waals surface area contributed by atoms with E-state index in [0.717, 1.165) is 11.3 Å². The zero-order valence-corrected chi connectivity index (χ0v) is 9.12. The highest BCUT2D eigenvalue weighted by molar-refractivity contribution is 7.14. The first kappa shape index (κ1) is 9.98. The Balaban J connectivity index is 2.29. The van der Waals surface area contributed by atoms with E-state index in [0.29, 0.717) is 5.56 Å². The third kappa shape index (κ3) is 2.10. The minimum absolute atomic E-state index is 0.000278. The van der Waals surface area contributed by atoms with Gasteiger partial charge in [0.15, 0.2) is 0 Å². The Bertz CT molecular complexity index is 464. The molecule has 2 heterocycles. The largest absolute Gasteiger partial charge is 0.288 e. The standard InChI is InChI=1S/C11H10N2OS/c1-2-9-3-4-10(15-9)11(14)8-5-12-7-13-6-8/h3-7H,2H2,1H3. The van der Waals surface area contributed by atoms with Crippen LogP contribution in [0.25, 0.3) is 0 Å². The maximum absolute atomic E-state index is 11.9. The van der Waals surface area contributed by atoms with E-state index in [9.17, 15) is 4.79 Å². The van der Waals surface area contributed by atoms with Crippen molar-refractivity contribution in [2.24, 2.45) is 0 Å². The molecular formula is C11H10N2OS. The van der Waals surface area contributed by atoms with Gasteiger partial charge in [0.25, 0.3) is 0 Å². The average molecular weight is 218 g/mol. The normalized spacial score (nSPS) is 10.2. The summed E-state index contributed by atoms with van der Waals surface area (Å²) < 4.78 is 0. The summed E-state index contributed by atoms with van der Waals surface area (Å²) in [5.74, 6) is 0.000278. The fourth-order valence-electron chi connectivity index (χ4n) is 1.25. The van der Waals surface area contributed by atoms with Gasteiger partial charge in [0, 0.05) is 17.3 Å². The van der Waals surface area contributed by atoms with Gasteiger partial charge in [0.2, 0.25) is 5.78 Å². The van der Waals surface area contributed by atoms with E-state index < -0.39 is 0 Å². The number of carbonyl (C=O) groups is 1. The van der Waals surface area contributed by atoms with Crippen LogP contribution in [0.4, 0.5) is 0 Å². The first-order valence-electron chi connectivity index (χ1n) is 4.69. The Morgan fingerprint density at radius 3 is 2.67 bits per heavy atom. The van der Waals surface area contributed by atoms with Gasteiger partial charge in [-0.25, -0.2) is 9.97 Å². The third-order valence-electron chi connectivity index (χ3n) is 2.06. The second-order valence-electron chi connectivity index (χ2n) is 3.08. The molecule has 0 fully saturated rings. The van der Waals surface area contributed by atoms with Crippen LogP contribution in [0.5, 0.6) is 0 Å². The maximum atomic E-state index is 11.9. The van der Waals surface area contributed by atoms with E-state index >= 15 is 0 Å². The molecular weight excluding hydrogens is 208 g/mol. The van der Waals surface area contributed by atoms with E-state index in [2.05, 4.69) is 16.9 Å². The topological polar surface area (TPSA) is 42.9 Å². The summed E-state index contributed by atoms with van der Waals surface area (Å²) in [5, 5.41) is 0. The number of carbonyl (C=O) groups excluding carboxylic acids is 1. The molecule has 2 aromatic heterocycles. The van der Waals surface area contributed by atoms with Crippen molar-refractivity contribution >= 4 is 17.1 Å². The molecule has 76 valence electrons. The summed E-state index contributed by atoms with van der Waals surface area (Å²) in [6, 6.07) is 3.85. The Morgan fingerprint density at radius 1 is 1.33 bits per heavy atom. The molecule has 0 aliphatic rings. The summed E-state index contributed by atoms with van der Waals surface area (Å²) in [7, 11) is 0. The van der Waals surface area contributed by atoms with Gasteiger partial charge in [-0.2, -0.15) is 0 Å². The van der Waals surface area contributed by atoms with Gasteiger partial charge in [0.05, 0.1) is 10.4 Å². The van der Waals surface area contributed by atoms with E-state index in [1.807, 2.05) is 12.1 Å². The average Bonchev–Trinajstić information content (AvgIpc) is 2.78. The fourth-order valence-corrected chi connectivity index (χ4v) is 2.16. The molecule has 0 amide bonds. The van der Waals surface area contributed by atoms with Crippen LogP contribution in [0.1, 0.15) is 27.0 Å². The third-order valence-corrected chi connectivity index (χ3v) is 3.29. The molecule has 0 bridgehead atoms. The number of rotatable bonds is 3. The molecule has 0 saturated carbocycles. The molecule has 0 spiro atoms. The summed E-state index contributed by atoms with van der Waals surface area (Å²) in [4.78, 5) is 21.5. The lowest BCUT2D eigenvalue weighted by Crippen LogP contribution is -1.99. The predicted molar refractivity (Wildman–Crippen MR) is 59.2 cm³/mol. The van der Waals surface area contributed by atoms with Crippen molar-refractivity contribution in [1.82, 2.24) is 9.97 Å². The number of hydrogen-bond donors (Lipinski definition) is 0.